The number of nitrogens with zero attached hydrogens (tertiary/aromatic N) is 3. The van der Waals surface area contributed by atoms with Crippen LogP contribution in [0.2, 0.25) is 5.15 Å². The highest BCUT2D eigenvalue weighted by Gasteiger charge is 2.44. The number of fused-ring (bicyclic) bond motifs is 2. The smallest absolute Gasteiger partial charge is 0.396 e. The van der Waals surface area contributed by atoms with E-state index in [0.717, 1.165) is 5.56 Å². The Bertz CT molecular complexity index is 896. The third-order valence-electron chi connectivity index (χ3n) is 4.56. The molecule has 0 radical (unpaired) electrons. The third-order valence-corrected chi connectivity index (χ3v) is 4.85. The summed E-state index contributed by atoms with van der Waals surface area (Å²) in [4.78, 5) is 10.1. The second-order valence-electron chi connectivity index (χ2n) is 6.21. The van der Waals surface area contributed by atoms with Crippen LogP contribution in [-0.2, 0) is 6.54 Å². The second-order valence-corrected chi connectivity index (χ2v) is 6.57. The van der Waals surface area contributed by atoms with E-state index in [2.05, 4.69) is 19.4 Å². The molecule has 7 nitrogen and oxygen atoms in total. The first-order valence-electron chi connectivity index (χ1n) is 7.86. The van der Waals surface area contributed by atoms with Crippen molar-refractivity contribution in [2.24, 2.45) is 0 Å². The van der Waals surface area contributed by atoms with Crippen LogP contribution in [0.15, 0.2) is 12.1 Å². The van der Waals surface area contributed by atoms with Gasteiger partial charge < -0.3 is 25.2 Å². The van der Waals surface area contributed by atoms with E-state index in [0.29, 0.717) is 30.0 Å². The minimum Gasteiger partial charge on any atom is -0.396 e. The lowest BCUT2D eigenvalue weighted by Gasteiger charge is -2.20. The lowest BCUT2D eigenvalue weighted by molar-refractivity contribution is -0.286. The van der Waals surface area contributed by atoms with Crippen molar-refractivity contribution in [1.29, 1.82) is 0 Å². The van der Waals surface area contributed by atoms with E-state index < -0.39 is 6.29 Å². The van der Waals surface area contributed by atoms with Crippen molar-refractivity contribution in [2.45, 2.75) is 25.7 Å². The van der Waals surface area contributed by atoms with Crippen molar-refractivity contribution < 1.29 is 23.4 Å². The van der Waals surface area contributed by atoms with Gasteiger partial charge in [0, 0.05) is 30.1 Å². The summed E-state index contributed by atoms with van der Waals surface area (Å²) in [6.45, 7) is 2.36. The zero-order valence-electron chi connectivity index (χ0n) is 13.7. The average molecular weight is 385 g/mol. The molecule has 0 amide bonds. The van der Waals surface area contributed by atoms with Gasteiger partial charge in [-0.05, 0) is 18.6 Å². The molecule has 4 rings (SSSR count). The zero-order chi connectivity index (χ0) is 18.6. The molecule has 3 heterocycles. The SMILES string of the molecule is Cc1c(CN2CC(CO)c3c(Cl)nc(N)nc32)ccc2c1OC(F)(F)O2. The van der Waals surface area contributed by atoms with Gasteiger partial charge in [0.05, 0.1) is 6.61 Å². The number of aromatic nitrogens is 2. The van der Waals surface area contributed by atoms with Gasteiger partial charge in [-0.3, -0.25) is 0 Å². The van der Waals surface area contributed by atoms with Gasteiger partial charge in [-0.25, -0.2) is 4.98 Å². The fourth-order valence-electron chi connectivity index (χ4n) is 3.33. The van der Waals surface area contributed by atoms with Crippen LogP contribution in [-0.4, -0.2) is 34.5 Å². The molecule has 0 saturated heterocycles. The van der Waals surface area contributed by atoms with Gasteiger partial charge in [0.15, 0.2) is 11.5 Å². The molecule has 1 unspecified atom stereocenters. The van der Waals surface area contributed by atoms with Crippen LogP contribution in [0.1, 0.15) is 22.6 Å². The molecule has 26 heavy (non-hydrogen) atoms. The van der Waals surface area contributed by atoms with Crippen molar-refractivity contribution in [3.8, 4) is 11.5 Å². The molecular weight excluding hydrogens is 370 g/mol. The Morgan fingerprint density at radius 1 is 1.38 bits per heavy atom. The molecule has 0 saturated carbocycles. The third kappa shape index (κ3) is 2.67. The summed E-state index contributed by atoms with van der Waals surface area (Å²) in [7, 11) is 0. The molecule has 1 aromatic heterocycles. The van der Waals surface area contributed by atoms with Crippen molar-refractivity contribution in [1.82, 2.24) is 9.97 Å². The Hall–Kier alpha value is -2.39. The largest absolute Gasteiger partial charge is 0.586 e. The minimum atomic E-state index is -3.66. The molecule has 138 valence electrons. The van der Waals surface area contributed by atoms with Crippen LogP contribution >= 0.6 is 11.6 Å². The van der Waals surface area contributed by atoms with Crippen molar-refractivity contribution in [3.63, 3.8) is 0 Å². The number of nitrogen functional groups attached to an aromatic ring is 1. The quantitative estimate of drug-likeness (QED) is 0.785. The summed E-state index contributed by atoms with van der Waals surface area (Å²) in [5.74, 6) is 0.326. The van der Waals surface area contributed by atoms with E-state index in [4.69, 9.17) is 17.3 Å². The number of benzene rings is 1. The Balaban J connectivity index is 1.68. The maximum Gasteiger partial charge on any atom is 0.586 e. The lowest BCUT2D eigenvalue weighted by atomic mass is 10.1. The first kappa shape index (κ1) is 17.0. The molecule has 3 N–H and O–H groups in total. The highest BCUT2D eigenvalue weighted by atomic mass is 35.5. The van der Waals surface area contributed by atoms with Crippen LogP contribution in [0.25, 0.3) is 0 Å². The van der Waals surface area contributed by atoms with Crippen LogP contribution in [0, 0.1) is 6.92 Å². The maximum absolute atomic E-state index is 13.3. The lowest BCUT2D eigenvalue weighted by Crippen LogP contribution is -2.26. The van der Waals surface area contributed by atoms with Gasteiger partial charge in [-0.2, -0.15) is 4.98 Å². The first-order chi connectivity index (χ1) is 12.3. The van der Waals surface area contributed by atoms with E-state index in [1.54, 1.807) is 13.0 Å². The monoisotopic (exact) mass is 384 g/mol. The molecule has 0 fully saturated rings. The summed E-state index contributed by atoms with van der Waals surface area (Å²) in [5, 5.41) is 9.84. The molecule has 0 spiro atoms. The molecule has 2 aliphatic rings. The van der Waals surface area contributed by atoms with E-state index in [1.807, 2.05) is 4.90 Å². The predicted molar refractivity (Wildman–Crippen MR) is 89.7 cm³/mol. The number of aliphatic hydroxyl groups is 1. The zero-order valence-corrected chi connectivity index (χ0v) is 14.4. The number of alkyl halides is 2. The molecule has 1 atom stereocenters. The summed E-state index contributed by atoms with van der Waals surface area (Å²) in [6.07, 6.45) is -3.66. The van der Waals surface area contributed by atoms with Crippen LogP contribution in [0.4, 0.5) is 20.5 Å². The normalized spacial score (nSPS) is 19.7. The molecule has 0 aliphatic carbocycles. The number of aliphatic hydroxyl groups excluding tert-OH is 1. The number of nitrogens with two attached hydrogens (primary N) is 1. The topological polar surface area (TPSA) is 93.7 Å². The number of anilines is 2. The fraction of sp³-hybridized carbons (Fsp3) is 0.375. The minimum absolute atomic E-state index is 0.000852. The summed E-state index contributed by atoms with van der Waals surface area (Å²) >= 11 is 6.17. The predicted octanol–water partition coefficient (Wildman–Crippen LogP) is 2.44. The van der Waals surface area contributed by atoms with E-state index in [9.17, 15) is 13.9 Å². The highest BCUT2D eigenvalue weighted by molar-refractivity contribution is 6.30. The van der Waals surface area contributed by atoms with Gasteiger partial charge >= 0.3 is 6.29 Å². The summed E-state index contributed by atoms with van der Waals surface area (Å²) < 4.78 is 35.7. The first-order valence-corrected chi connectivity index (χ1v) is 8.24. The standard InChI is InChI=1S/C16H15ClF2N4O3/c1-7-8(2-3-10-12(7)26-16(18,19)25-10)4-23-5-9(6-24)11-13(17)21-15(20)22-14(11)23/h2-3,9,24H,4-6H2,1H3,(H2,20,21,22). The second kappa shape index (κ2) is 5.82. The maximum atomic E-state index is 13.3. The van der Waals surface area contributed by atoms with Crippen molar-refractivity contribution in [3.05, 3.63) is 34.0 Å². The number of rotatable bonds is 3. The molecule has 2 aromatic rings. The number of hydrogen-bond donors (Lipinski definition) is 2. The van der Waals surface area contributed by atoms with Crippen molar-refractivity contribution in [2.75, 3.05) is 23.8 Å². The van der Waals surface area contributed by atoms with Gasteiger partial charge in [0.1, 0.15) is 11.0 Å². The van der Waals surface area contributed by atoms with Gasteiger partial charge in [-0.15, -0.1) is 8.78 Å². The molecular formula is C16H15ClF2N4O3. The molecule has 0 bridgehead atoms. The van der Waals surface area contributed by atoms with Gasteiger partial charge in [-0.1, -0.05) is 17.7 Å². The van der Waals surface area contributed by atoms with E-state index in [-0.39, 0.29) is 35.1 Å². The van der Waals surface area contributed by atoms with Gasteiger partial charge in [0.2, 0.25) is 5.95 Å². The molecule has 10 heteroatoms. The number of ether oxygens (including phenoxy) is 2. The Morgan fingerprint density at radius 2 is 2.15 bits per heavy atom. The van der Waals surface area contributed by atoms with E-state index >= 15 is 0 Å². The number of halogens is 3. The van der Waals surface area contributed by atoms with Crippen molar-refractivity contribution >= 4 is 23.4 Å². The van der Waals surface area contributed by atoms with Gasteiger partial charge in [0.25, 0.3) is 0 Å². The van der Waals surface area contributed by atoms with E-state index in [1.165, 1.54) is 6.07 Å². The Morgan fingerprint density at radius 3 is 2.88 bits per heavy atom. The average Bonchev–Trinajstić information content (AvgIpc) is 3.07. The summed E-state index contributed by atoms with van der Waals surface area (Å²) in [5.41, 5.74) is 7.62. The van der Waals surface area contributed by atoms with Crippen LogP contribution < -0.4 is 20.1 Å². The Labute approximate surface area is 152 Å². The molecule has 1 aromatic carbocycles. The summed E-state index contributed by atoms with van der Waals surface area (Å²) in [6, 6.07) is 3.14. The highest BCUT2D eigenvalue weighted by Crippen LogP contribution is 2.45. The Kier molecular flexibility index (Phi) is 3.81. The van der Waals surface area contributed by atoms with Crippen LogP contribution in [0.3, 0.4) is 0 Å². The van der Waals surface area contributed by atoms with Crippen LogP contribution in [0.5, 0.6) is 11.5 Å². The number of hydrogen-bond acceptors (Lipinski definition) is 7. The molecule has 2 aliphatic heterocycles. The fourth-order valence-corrected chi connectivity index (χ4v) is 3.66.